The maximum absolute atomic E-state index is 12.5. The SMILES string of the molecule is CCOC(=O)C(C(=O)OCC)(c1ccccc1)C(C#N)C#N. The fraction of sp³-hybridized carbons (Fsp3) is 0.375. The number of esters is 2. The predicted octanol–water partition coefficient (Wildman–Crippen LogP) is 1.71. The Hall–Kier alpha value is -2.86. The summed E-state index contributed by atoms with van der Waals surface area (Å²) in [7, 11) is 0. The molecule has 0 fully saturated rings. The molecule has 1 aromatic carbocycles. The molecule has 22 heavy (non-hydrogen) atoms. The van der Waals surface area contributed by atoms with E-state index >= 15 is 0 Å². The van der Waals surface area contributed by atoms with Crippen LogP contribution in [0.15, 0.2) is 30.3 Å². The van der Waals surface area contributed by atoms with Crippen molar-refractivity contribution in [3.05, 3.63) is 35.9 Å². The molecule has 0 unspecified atom stereocenters. The quantitative estimate of drug-likeness (QED) is 0.585. The lowest BCUT2D eigenvalue weighted by Gasteiger charge is -2.30. The Balaban J connectivity index is 3.64. The number of rotatable bonds is 6. The molecule has 0 aromatic heterocycles. The number of carbonyl (C=O) groups is 2. The number of nitrogens with zero attached hydrogens (tertiary/aromatic N) is 2. The second-order valence-electron chi connectivity index (χ2n) is 4.31. The molecular formula is C16H16N2O4. The molecule has 0 amide bonds. The van der Waals surface area contributed by atoms with Gasteiger partial charge in [0.1, 0.15) is 0 Å². The number of carbonyl (C=O) groups excluding carboxylic acids is 2. The van der Waals surface area contributed by atoms with E-state index in [-0.39, 0.29) is 18.8 Å². The summed E-state index contributed by atoms with van der Waals surface area (Å²) < 4.78 is 9.94. The number of ether oxygens (including phenoxy) is 2. The fourth-order valence-electron chi connectivity index (χ4n) is 2.13. The molecule has 0 bridgehead atoms. The molecule has 0 atom stereocenters. The third-order valence-corrected chi connectivity index (χ3v) is 3.12. The molecule has 6 heteroatoms. The van der Waals surface area contributed by atoms with Crippen molar-refractivity contribution >= 4 is 11.9 Å². The normalized spacial score (nSPS) is 10.4. The summed E-state index contributed by atoms with van der Waals surface area (Å²) in [6.07, 6.45) is 0. The summed E-state index contributed by atoms with van der Waals surface area (Å²) >= 11 is 0. The lowest BCUT2D eigenvalue weighted by atomic mass is 9.71. The van der Waals surface area contributed by atoms with Crippen LogP contribution in [0.25, 0.3) is 0 Å². The molecule has 0 saturated heterocycles. The van der Waals surface area contributed by atoms with Gasteiger partial charge in [-0.3, -0.25) is 9.59 Å². The van der Waals surface area contributed by atoms with Crippen LogP contribution < -0.4 is 0 Å². The average Bonchev–Trinajstić information content (AvgIpc) is 2.53. The van der Waals surface area contributed by atoms with E-state index in [1.54, 1.807) is 44.2 Å². The predicted molar refractivity (Wildman–Crippen MR) is 76.1 cm³/mol. The van der Waals surface area contributed by atoms with Crippen LogP contribution in [0.3, 0.4) is 0 Å². The van der Waals surface area contributed by atoms with Crippen LogP contribution in [0.2, 0.25) is 0 Å². The Morgan fingerprint density at radius 1 is 1.05 bits per heavy atom. The molecule has 0 aliphatic rings. The van der Waals surface area contributed by atoms with Gasteiger partial charge in [0.2, 0.25) is 5.41 Å². The monoisotopic (exact) mass is 300 g/mol. The van der Waals surface area contributed by atoms with Crippen LogP contribution in [-0.4, -0.2) is 25.2 Å². The van der Waals surface area contributed by atoms with Gasteiger partial charge in [-0.05, 0) is 19.4 Å². The third-order valence-electron chi connectivity index (χ3n) is 3.12. The minimum Gasteiger partial charge on any atom is -0.465 e. The van der Waals surface area contributed by atoms with E-state index in [0.717, 1.165) is 0 Å². The van der Waals surface area contributed by atoms with Crippen molar-refractivity contribution in [3.63, 3.8) is 0 Å². The highest BCUT2D eigenvalue weighted by Gasteiger charge is 2.57. The summed E-state index contributed by atoms with van der Waals surface area (Å²) in [6.45, 7) is 3.17. The van der Waals surface area contributed by atoms with Crippen LogP contribution in [0.5, 0.6) is 0 Å². The molecule has 0 saturated carbocycles. The van der Waals surface area contributed by atoms with Crippen molar-refractivity contribution in [3.8, 4) is 12.1 Å². The van der Waals surface area contributed by atoms with E-state index in [9.17, 15) is 20.1 Å². The van der Waals surface area contributed by atoms with E-state index in [1.807, 2.05) is 0 Å². The number of hydrogen-bond donors (Lipinski definition) is 0. The highest BCUT2D eigenvalue weighted by Crippen LogP contribution is 2.35. The van der Waals surface area contributed by atoms with Crippen molar-refractivity contribution in [2.75, 3.05) is 13.2 Å². The average molecular weight is 300 g/mol. The van der Waals surface area contributed by atoms with Crippen molar-refractivity contribution in [2.45, 2.75) is 19.3 Å². The first-order valence-corrected chi connectivity index (χ1v) is 6.78. The summed E-state index contributed by atoms with van der Waals surface area (Å²) in [6, 6.07) is 11.3. The van der Waals surface area contributed by atoms with E-state index in [0.29, 0.717) is 0 Å². The highest BCUT2D eigenvalue weighted by molar-refractivity contribution is 6.07. The summed E-state index contributed by atoms with van der Waals surface area (Å²) in [5, 5.41) is 18.5. The maximum atomic E-state index is 12.5. The van der Waals surface area contributed by atoms with E-state index < -0.39 is 23.3 Å². The Labute approximate surface area is 128 Å². The Bertz CT molecular complexity index is 581. The molecule has 6 nitrogen and oxygen atoms in total. The highest BCUT2D eigenvalue weighted by atomic mass is 16.6. The molecule has 0 radical (unpaired) electrons. The first-order valence-electron chi connectivity index (χ1n) is 6.78. The van der Waals surface area contributed by atoms with Gasteiger partial charge in [0.25, 0.3) is 0 Å². The lowest BCUT2D eigenvalue weighted by molar-refractivity contribution is -0.166. The van der Waals surface area contributed by atoms with Gasteiger partial charge in [0, 0.05) is 0 Å². The first kappa shape index (κ1) is 17.2. The molecule has 0 N–H and O–H groups in total. The smallest absolute Gasteiger partial charge is 0.330 e. The van der Waals surface area contributed by atoms with E-state index in [4.69, 9.17) is 9.47 Å². The van der Waals surface area contributed by atoms with Crippen molar-refractivity contribution in [2.24, 2.45) is 5.92 Å². The fourth-order valence-corrected chi connectivity index (χ4v) is 2.13. The first-order chi connectivity index (χ1) is 10.6. The summed E-state index contributed by atoms with van der Waals surface area (Å²) in [5.74, 6) is -3.49. The minimum absolute atomic E-state index is 0.0103. The molecule has 114 valence electrons. The second-order valence-corrected chi connectivity index (χ2v) is 4.31. The third kappa shape index (κ3) is 2.91. The standard InChI is InChI=1S/C16H16N2O4/c1-3-21-14(19)16(13(10-17)11-18,15(20)22-4-2)12-8-6-5-7-9-12/h5-9,13H,3-4H2,1-2H3. The molecule has 0 aliphatic heterocycles. The van der Waals surface area contributed by atoms with Gasteiger partial charge in [-0.1, -0.05) is 30.3 Å². The van der Waals surface area contributed by atoms with Gasteiger partial charge in [-0.2, -0.15) is 10.5 Å². The number of nitriles is 2. The van der Waals surface area contributed by atoms with Crippen LogP contribution in [-0.2, 0) is 24.5 Å². The lowest BCUT2D eigenvalue weighted by Crippen LogP contribution is -2.51. The number of hydrogen-bond acceptors (Lipinski definition) is 6. The second kappa shape index (κ2) is 7.80. The van der Waals surface area contributed by atoms with E-state index in [1.165, 1.54) is 12.1 Å². The summed E-state index contributed by atoms with van der Waals surface area (Å²) in [5.41, 5.74) is -1.92. The Kier molecular flexibility index (Phi) is 6.09. The Morgan fingerprint density at radius 3 is 1.86 bits per heavy atom. The van der Waals surface area contributed by atoms with E-state index in [2.05, 4.69) is 0 Å². The van der Waals surface area contributed by atoms with Crippen LogP contribution in [0.1, 0.15) is 19.4 Å². The van der Waals surface area contributed by atoms with Crippen molar-refractivity contribution in [1.29, 1.82) is 10.5 Å². The van der Waals surface area contributed by atoms with Gasteiger partial charge in [0.15, 0.2) is 5.92 Å². The van der Waals surface area contributed by atoms with Gasteiger partial charge >= 0.3 is 11.9 Å². The van der Waals surface area contributed by atoms with Gasteiger partial charge in [0.05, 0.1) is 25.4 Å². The zero-order valence-corrected chi connectivity index (χ0v) is 12.4. The largest absolute Gasteiger partial charge is 0.465 e. The van der Waals surface area contributed by atoms with Crippen LogP contribution in [0.4, 0.5) is 0 Å². The van der Waals surface area contributed by atoms with Crippen molar-refractivity contribution in [1.82, 2.24) is 0 Å². The zero-order valence-electron chi connectivity index (χ0n) is 12.4. The minimum atomic E-state index is -2.11. The van der Waals surface area contributed by atoms with Crippen molar-refractivity contribution < 1.29 is 19.1 Å². The van der Waals surface area contributed by atoms with Gasteiger partial charge in [-0.25, -0.2) is 0 Å². The number of benzene rings is 1. The van der Waals surface area contributed by atoms with Gasteiger partial charge < -0.3 is 9.47 Å². The molecule has 0 heterocycles. The molecule has 0 spiro atoms. The zero-order chi connectivity index (χ0) is 16.6. The molecule has 0 aliphatic carbocycles. The maximum Gasteiger partial charge on any atom is 0.330 e. The van der Waals surface area contributed by atoms with Crippen LogP contribution in [0, 0.1) is 28.6 Å². The molecule has 1 rings (SSSR count). The molecule has 1 aromatic rings. The molecular weight excluding hydrogens is 284 g/mol. The summed E-state index contributed by atoms with van der Waals surface area (Å²) in [4.78, 5) is 25.0. The van der Waals surface area contributed by atoms with Crippen LogP contribution >= 0.6 is 0 Å². The Morgan fingerprint density at radius 2 is 1.50 bits per heavy atom. The van der Waals surface area contributed by atoms with Gasteiger partial charge in [-0.15, -0.1) is 0 Å². The topological polar surface area (TPSA) is 100 Å².